The predicted molar refractivity (Wildman–Crippen MR) is 78.5 cm³/mol. The van der Waals surface area contributed by atoms with Crippen LogP contribution in [-0.4, -0.2) is 21.4 Å². The van der Waals surface area contributed by atoms with Gasteiger partial charge < -0.3 is 5.32 Å². The van der Waals surface area contributed by atoms with Gasteiger partial charge in [0.15, 0.2) is 4.34 Å². The summed E-state index contributed by atoms with van der Waals surface area (Å²) in [7, 11) is 0. The Hall–Kier alpha value is -0.620. The van der Waals surface area contributed by atoms with E-state index in [9.17, 15) is 4.79 Å². The van der Waals surface area contributed by atoms with Crippen molar-refractivity contribution in [2.24, 2.45) is 11.3 Å². The summed E-state index contributed by atoms with van der Waals surface area (Å²) in [6, 6.07) is 0. The topological polar surface area (TPSA) is 54.9 Å². The number of rotatable bonds is 4. The van der Waals surface area contributed by atoms with Crippen LogP contribution in [0.1, 0.15) is 46.0 Å². The zero-order valence-corrected chi connectivity index (χ0v) is 12.9. The minimum Gasteiger partial charge on any atom is -0.300 e. The Kier molecular flexibility index (Phi) is 3.55. The summed E-state index contributed by atoms with van der Waals surface area (Å²) in [6.45, 7) is 4.25. The Labute approximate surface area is 121 Å². The highest BCUT2D eigenvalue weighted by molar-refractivity contribution is 8.01. The Bertz CT molecular complexity index is 480. The van der Waals surface area contributed by atoms with Gasteiger partial charge in [-0.25, -0.2) is 0 Å². The Morgan fingerprint density at radius 1 is 1.42 bits per heavy atom. The van der Waals surface area contributed by atoms with Gasteiger partial charge in [0.05, 0.1) is 0 Å². The molecule has 0 aromatic carbocycles. The number of amides is 1. The third-order valence-electron chi connectivity index (χ3n) is 4.08. The molecule has 6 heteroatoms. The van der Waals surface area contributed by atoms with E-state index in [4.69, 9.17) is 0 Å². The zero-order valence-electron chi connectivity index (χ0n) is 11.3. The summed E-state index contributed by atoms with van der Waals surface area (Å²) >= 11 is 3.16. The summed E-state index contributed by atoms with van der Waals surface area (Å²) in [4.78, 5) is 12.2. The van der Waals surface area contributed by atoms with Crippen LogP contribution in [0.4, 0.5) is 5.13 Å². The Balaban J connectivity index is 1.57. The van der Waals surface area contributed by atoms with Gasteiger partial charge in [0.2, 0.25) is 11.0 Å². The molecular formula is C13H19N3OS2. The van der Waals surface area contributed by atoms with E-state index in [0.717, 1.165) is 10.8 Å². The number of anilines is 1. The number of carbonyl (C=O) groups excluding carboxylic acids is 1. The van der Waals surface area contributed by atoms with Crippen molar-refractivity contribution < 1.29 is 4.79 Å². The van der Waals surface area contributed by atoms with Gasteiger partial charge in [-0.15, -0.1) is 10.2 Å². The standard InChI is InChI=1S/C13H19N3OS2/c1-8(2)18-12-16-15-11(19-12)14-10(17)9-7-13(9)5-3-4-6-13/h8-9H,3-7H2,1-2H3,(H,14,15,17). The molecule has 2 saturated carbocycles. The summed E-state index contributed by atoms with van der Waals surface area (Å²) in [6.07, 6.45) is 6.12. The lowest BCUT2D eigenvalue weighted by Crippen LogP contribution is -2.17. The number of nitrogens with one attached hydrogen (secondary N) is 1. The van der Waals surface area contributed by atoms with E-state index in [2.05, 4.69) is 29.4 Å². The average molecular weight is 297 g/mol. The molecule has 19 heavy (non-hydrogen) atoms. The average Bonchev–Trinajstić information content (AvgIpc) is 2.68. The Morgan fingerprint density at radius 3 is 2.84 bits per heavy atom. The molecule has 104 valence electrons. The summed E-state index contributed by atoms with van der Waals surface area (Å²) in [5.74, 6) is 0.374. The van der Waals surface area contributed by atoms with Gasteiger partial charge in [0, 0.05) is 11.2 Å². The highest BCUT2D eigenvalue weighted by Crippen LogP contribution is 2.63. The maximum Gasteiger partial charge on any atom is 0.229 e. The van der Waals surface area contributed by atoms with Gasteiger partial charge in [-0.3, -0.25) is 4.79 Å². The van der Waals surface area contributed by atoms with E-state index in [1.165, 1.54) is 37.0 Å². The molecule has 1 aromatic heterocycles. The van der Waals surface area contributed by atoms with E-state index in [1.807, 2.05) is 0 Å². The number of carbonyl (C=O) groups is 1. The monoisotopic (exact) mass is 297 g/mol. The number of thioether (sulfide) groups is 1. The maximum atomic E-state index is 12.2. The molecule has 1 N–H and O–H groups in total. The van der Waals surface area contributed by atoms with Gasteiger partial charge in [0.1, 0.15) is 0 Å². The molecule has 2 aliphatic rings. The second kappa shape index (κ2) is 5.05. The smallest absolute Gasteiger partial charge is 0.229 e. The Morgan fingerprint density at radius 2 is 2.16 bits per heavy atom. The molecule has 4 nitrogen and oxygen atoms in total. The SMILES string of the molecule is CC(C)Sc1nnc(NC(=O)C2CC23CCCC3)s1. The van der Waals surface area contributed by atoms with Crippen LogP contribution in [-0.2, 0) is 4.79 Å². The zero-order chi connectivity index (χ0) is 13.5. The van der Waals surface area contributed by atoms with Crippen LogP contribution in [0, 0.1) is 11.3 Å². The van der Waals surface area contributed by atoms with E-state index in [-0.39, 0.29) is 11.8 Å². The van der Waals surface area contributed by atoms with Crippen molar-refractivity contribution in [1.29, 1.82) is 0 Å². The second-order valence-electron chi connectivity index (χ2n) is 5.86. The first-order chi connectivity index (χ1) is 9.09. The van der Waals surface area contributed by atoms with E-state index in [0.29, 0.717) is 15.8 Å². The highest BCUT2D eigenvalue weighted by atomic mass is 32.2. The lowest BCUT2D eigenvalue weighted by molar-refractivity contribution is -0.118. The largest absolute Gasteiger partial charge is 0.300 e. The van der Waals surface area contributed by atoms with E-state index in [1.54, 1.807) is 11.8 Å². The summed E-state index contributed by atoms with van der Waals surface area (Å²) in [5.41, 5.74) is 0.351. The first-order valence-electron chi connectivity index (χ1n) is 6.90. The van der Waals surface area contributed by atoms with E-state index < -0.39 is 0 Å². The molecular weight excluding hydrogens is 278 g/mol. The van der Waals surface area contributed by atoms with Crippen molar-refractivity contribution >= 4 is 34.1 Å². The maximum absolute atomic E-state index is 12.2. The first kappa shape index (κ1) is 13.4. The molecule has 1 aromatic rings. The number of hydrogen-bond donors (Lipinski definition) is 1. The van der Waals surface area contributed by atoms with Crippen molar-refractivity contribution in [1.82, 2.24) is 10.2 Å². The van der Waals surface area contributed by atoms with Crippen LogP contribution in [0.3, 0.4) is 0 Å². The number of aromatic nitrogens is 2. The molecule has 1 spiro atoms. The molecule has 0 bridgehead atoms. The quantitative estimate of drug-likeness (QED) is 0.682. The van der Waals surface area contributed by atoms with Crippen LogP contribution >= 0.6 is 23.1 Å². The van der Waals surface area contributed by atoms with Crippen molar-refractivity contribution in [3.8, 4) is 0 Å². The normalized spacial score (nSPS) is 24.1. The van der Waals surface area contributed by atoms with Gasteiger partial charge in [-0.1, -0.05) is 49.8 Å². The minimum atomic E-state index is 0.152. The fourth-order valence-electron chi connectivity index (χ4n) is 3.05. The van der Waals surface area contributed by atoms with E-state index >= 15 is 0 Å². The van der Waals surface area contributed by atoms with Crippen molar-refractivity contribution in [2.45, 2.75) is 55.5 Å². The molecule has 2 fully saturated rings. The van der Waals surface area contributed by atoms with Crippen molar-refractivity contribution in [2.75, 3.05) is 5.32 Å². The van der Waals surface area contributed by atoms with Crippen LogP contribution in [0.15, 0.2) is 4.34 Å². The van der Waals surface area contributed by atoms with Crippen LogP contribution < -0.4 is 5.32 Å². The lowest BCUT2D eigenvalue weighted by Gasteiger charge is -2.06. The van der Waals surface area contributed by atoms with Crippen molar-refractivity contribution in [3.05, 3.63) is 0 Å². The summed E-state index contributed by atoms with van der Waals surface area (Å²) < 4.78 is 0.927. The molecule has 2 aliphatic carbocycles. The molecule has 3 rings (SSSR count). The molecule has 1 atom stereocenters. The molecule has 0 aliphatic heterocycles. The minimum absolute atomic E-state index is 0.152. The van der Waals surface area contributed by atoms with Gasteiger partial charge in [-0.05, 0) is 24.7 Å². The van der Waals surface area contributed by atoms with Crippen LogP contribution in [0.5, 0.6) is 0 Å². The number of nitrogens with zero attached hydrogens (tertiary/aromatic N) is 2. The van der Waals surface area contributed by atoms with Gasteiger partial charge in [0.25, 0.3) is 0 Å². The van der Waals surface area contributed by atoms with Crippen LogP contribution in [0.2, 0.25) is 0 Å². The second-order valence-corrected chi connectivity index (χ2v) is 8.66. The third kappa shape index (κ3) is 2.79. The molecule has 0 radical (unpaired) electrons. The first-order valence-corrected chi connectivity index (χ1v) is 8.60. The molecule has 1 heterocycles. The van der Waals surface area contributed by atoms with Gasteiger partial charge >= 0.3 is 0 Å². The third-order valence-corrected chi connectivity index (χ3v) is 6.01. The highest BCUT2D eigenvalue weighted by Gasteiger charge is 2.58. The van der Waals surface area contributed by atoms with Crippen LogP contribution in [0.25, 0.3) is 0 Å². The fraction of sp³-hybridized carbons (Fsp3) is 0.769. The fourth-order valence-corrected chi connectivity index (χ4v) is 5.03. The number of hydrogen-bond acceptors (Lipinski definition) is 5. The molecule has 1 unspecified atom stereocenters. The molecule has 1 amide bonds. The lowest BCUT2D eigenvalue weighted by atomic mass is 10.0. The summed E-state index contributed by atoms with van der Waals surface area (Å²) in [5, 5.41) is 12.2. The predicted octanol–water partition coefficient (Wildman–Crippen LogP) is 3.56. The van der Waals surface area contributed by atoms with Crippen molar-refractivity contribution in [3.63, 3.8) is 0 Å². The molecule has 0 saturated heterocycles. The van der Waals surface area contributed by atoms with Gasteiger partial charge in [-0.2, -0.15) is 0 Å².